The molecule has 4 rings (SSSR count). The fraction of sp³-hybridized carbons (Fsp3) is 0.474. The molecule has 2 aliphatic rings. The molecule has 3 atom stereocenters. The minimum atomic E-state index is -0.125. The van der Waals surface area contributed by atoms with Crippen molar-refractivity contribution < 1.29 is 14.4 Å². The molecule has 4 N–H and O–H groups in total. The molecule has 10 heteroatoms. The van der Waals surface area contributed by atoms with Crippen molar-refractivity contribution in [3.63, 3.8) is 0 Å². The molecule has 0 radical (unpaired) electrons. The largest absolute Gasteiger partial charge is 0.332 e. The van der Waals surface area contributed by atoms with E-state index in [1.54, 1.807) is 6.07 Å². The first kappa shape index (κ1) is 20.0. The molecule has 0 spiro atoms. The van der Waals surface area contributed by atoms with Crippen molar-refractivity contribution in [2.24, 2.45) is 0 Å². The summed E-state index contributed by atoms with van der Waals surface area (Å²) in [6.07, 6.45) is 3.20. The number of benzene rings is 1. The summed E-state index contributed by atoms with van der Waals surface area (Å²) >= 11 is 3.28. The van der Waals surface area contributed by atoms with Crippen LogP contribution in [0.15, 0.2) is 18.2 Å². The summed E-state index contributed by atoms with van der Waals surface area (Å²) in [5.41, 5.74) is 1.51. The summed E-state index contributed by atoms with van der Waals surface area (Å²) in [7, 11) is 0. The number of aromatic nitrogens is 1. The number of carbonyl (C=O) groups is 3. The lowest BCUT2D eigenvalue weighted by molar-refractivity contribution is -0.116. The second-order valence-electron chi connectivity index (χ2n) is 7.30. The van der Waals surface area contributed by atoms with E-state index in [9.17, 15) is 14.4 Å². The standard InChI is InChI=1S/C19H23N5O3S2/c1-10(25)20-11-6-7-12-15(8-11)29-19(22-12)23-16(26)5-3-2-4-14-17-13(9-28-14)21-18(27)24-17/h6-8,13-14,17H,2-5,9H2,1H3,(H,20,25)(H2,21,24,27)(H,22,23,26)/t13-,14-,17-/m0/s1. The van der Waals surface area contributed by atoms with E-state index in [-0.39, 0.29) is 29.9 Å². The van der Waals surface area contributed by atoms with E-state index in [1.165, 1.54) is 18.3 Å². The molecule has 2 aromatic rings. The molecule has 8 nitrogen and oxygen atoms in total. The van der Waals surface area contributed by atoms with E-state index < -0.39 is 0 Å². The monoisotopic (exact) mass is 433 g/mol. The third kappa shape index (κ3) is 4.81. The zero-order chi connectivity index (χ0) is 20.4. The van der Waals surface area contributed by atoms with Crippen LogP contribution in [0.2, 0.25) is 0 Å². The van der Waals surface area contributed by atoms with Gasteiger partial charge in [-0.1, -0.05) is 17.8 Å². The third-order valence-electron chi connectivity index (χ3n) is 5.04. The Morgan fingerprint density at radius 2 is 2.10 bits per heavy atom. The highest BCUT2D eigenvalue weighted by molar-refractivity contribution is 8.00. The topological polar surface area (TPSA) is 112 Å². The Morgan fingerprint density at radius 1 is 1.24 bits per heavy atom. The molecular weight excluding hydrogens is 410 g/mol. The van der Waals surface area contributed by atoms with Crippen molar-refractivity contribution in [1.82, 2.24) is 15.6 Å². The Kier molecular flexibility index (Phi) is 5.91. The van der Waals surface area contributed by atoms with E-state index in [0.29, 0.717) is 22.5 Å². The molecule has 0 saturated carbocycles. The van der Waals surface area contributed by atoms with Gasteiger partial charge in [0, 0.05) is 30.0 Å². The van der Waals surface area contributed by atoms with Crippen molar-refractivity contribution in [2.45, 2.75) is 49.9 Å². The fourth-order valence-electron chi connectivity index (χ4n) is 3.71. The molecule has 0 unspecified atom stereocenters. The lowest BCUT2D eigenvalue weighted by Gasteiger charge is -2.16. The van der Waals surface area contributed by atoms with E-state index in [0.717, 1.165) is 35.2 Å². The lowest BCUT2D eigenvalue weighted by atomic mass is 10.0. The predicted octanol–water partition coefficient (Wildman–Crippen LogP) is 2.92. The molecule has 2 fully saturated rings. The smallest absolute Gasteiger partial charge is 0.315 e. The van der Waals surface area contributed by atoms with Crippen LogP contribution in [-0.4, -0.2) is 45.9 Å². The highest BCUT2D eigenvalue weighted by atomic mass is 32.2. The molecule has 4 amide bonds. The number of amides is 4. The Labute approximate surface area is 176 Å². The molecule has 2 aliphatic heterocycles. The Hall–Kier alpha value is -2.33. The van der Waals surface area contributed by atoms with Gasteiger partial charge < -0.3 is 21.3 Å². The Morgan fingerprint density at radius 3 is 2.93 bits per heavy atom. The van der Waals surface area contributed by atoms with Gasteiger partial charge in [-0.2, -0.15) is 11.8 Å². The second kappa shape index (κ2) is 8.58. The van der Waals surface area contributed by atoms with Crippen LogP contribution in [0.5, 0.6) is 0 Å². The zero-order valence-corrected chi connectivity index (χ0v) is 17.6. The first-order chi connectivity index (χ1) is 14.0. The Bertz CT molecular complexity index is 947. The van der Waals surface area contributed by atoms with Crippen LogP contribution in [0.4, 0.5) is 15.6 Å². The normalized spacial score (nSPS) is 22.8. The van der Waals surface area contributed by atoms with Crippen molar-refractivity contribution in [2.75, 3.05) is 16.4 Å². The maximum Gasteiger partial charge on any atom is 0.315 e. The number of fused-ring (bicyclic) bond motifs is 2. The zero-order valence-electron chi connectivity index (χ0n) is 16.0. The lowest BCUT2D eigenvalue weighted by Crippen LogP contribution is -2.36. The van der Waals surface area contributed by atoms with Crippen molar-refractivity contribution in [3.8, 4) is 0 Å². The van der Waals surface area contributed by atoms with Crippen LogP contribution in [0, 0.1) is 0 Å². The Balaban J connectivity index is 1.22. The minimum absolute atomic E-state index is 0.0427. The van der Waals surface area contributed by atoms with Crippen LogP contribution in [-0.2, 0) is 9.59 Å². The third-order valence-corrected chi connectivity index (χ3v) is 7.48. The first-order valence-electron chi connectivity index (χ1n) is 9.64. The average Bonchev–Trinajstić information content (AvgIpc) is 3.32. The number of nitrogens with one attached hydrogen (secondary N) is 4. The van der Waals surface area contributed by atoms with Gasteiger partial charge in [0.15, 0.2) is 5.13 Å². The number of nitrogens with zero attached hydrogens (tertiary/aromatic N) is 1. The number of hydrogen-bond acceptors (Lipinski definition) is 6. The van der Waals surface area contributed by atoms with Crippen LogP contribution >= 0.6 is 23.1 Å². The van der Waals surface area contributed by atoms with E-state index in [4.69, 9.17) is 0 Å². The van der Waals surface area contributed by atoms with Gasteiger partial charge in [-0.3, -0.25) is 9.59 Å². The van der Waals surface area contributed by atoms with Gasteiger partial charge >= 0.3 is 6.03 Å². The van der Waals surface area contributed by atoms with Crippen molar-refractivity contribution in [3.05, 3.63) is 18.2 Å². The molecule has 1 aromatic heterocycles. The highest BCUT2D eigenvalue weighted by Gasteiger charge is 2.42. The van der Waals surface area contributed by atoms with E-state index >= 15 is 0 Å². The predicted molar refractivity (Wildman–Crippen MR) is 117 cm³/mol. The number of carbonyl (C=O) groups excluding carboxylic acids is 3. The minimum Gasteiger partial charge on any atom is -0.332 e. The molecule has 0 bridgehead atoms. The highest BCUT2D eigenvalue weighted by Crippen LogP contribution is 2.33. The van der Waals surface area contributed by atoms with Crippen molar-refractivity contribution >= 4 is 62.0 Å². The fourth-order valence-corrected chi connectivity index (χ4v) is 6.18. The van der Waals surface area contributed by atoms with Gasteiger partial charge in [0.05, 0.1) is 22.3 Å². The van der Waals surface area contributed by atoms with Gasteiger partial charge in [0.1, 0.15) is 0 Å². The summed E-state index contributed by atoms with van der Waals surface area (Å²) in [5, 5.41) is 12.5. The van der Waals surface area contributed by atoms with Crippen LogP contribution in [0.3, 0.4) is 0 Å². The summed E-state index contributed by atoms with van der Waals surface area (Å²) in [6.45, 7) is 1.47. The molecular formula is C19H23N5O3S2. The van der Waals surface area contributed by atoms with Gasteiger partial charge in [0.25, 0.3) is 0 Å². The number of rotatable bonds is 7. The van der Waals surface area contributed by atoms with Gasteiger partial charge in [-0.05, 0) is 31.0 Å². The average molecular weight is 434 g/mol. The number of urea groups is 1. The number of unbranched alkanes of at least 4 members (excludes halogenated alkanes) is 1. The van der Waals surface area contributed by atoms with Gasteiger partial charge in [-0.15, -0.1) is 0 Å². The molecule has 3 heterocycles. The van der Waals surface area contributed by atoms with Crippen LogP contribution in [0.25, 0.3) is 10.2 Å². The quantitative estimate of drug-likeness (QED) is 0.396. The maximum atomic E-state index is 12.2. The number of anilines is 2. The second-order valence-corrected chi connectivity index (χ2v) is 9.60. The maximum absolute atomic E-state index is 12.2. The SMILES string of the molecule is CC(=O)Nc1ccc2nc(NC(=O)CCCC[C@@H]3SC[C@@H]4NC(=O)N[C@@H]43)sc2c1. The molecule has 154 valence electrons. The van der Waals surface area contributed by atoms with Gasteiger partial charge in [-0.25, -0.2) is 9.78 Å². The summed E-state index contributed by atoms with van der Waals surface area (Å²) in [6, 6.07) is 5.87. The van der Waals surface area contributed by atoms with E-state index in [2.05, 4.69) is 26.3 Å². The first-order valence-corrected chi connectivity index (χ1v) is 11.5. The molecule has 2 saturated heterocycles. The number of hydrogen-bond donors (Lipinski definition) is 4. The van der Waals surface area contributed by atoms with Crippen LogP contribution < -0.4 is 21.3 Å². The summed E-state index contributed by atoms with van der Waals surface area (Å²) in [4.78, 5) is 39.3. The van der Waals surface area contributed by atoms with E-state index in [1.807, 2.05) is 23.9 Å². The van der Waals surface area contributed by atoms with Crippen LogP contribution in [0.1, 0.15) is 32.6 Å². The van der Waals surface area contributed by atoms with Gasteiger partial charge in [0.2, 0.25) is 11.8 Å². The summed E-state index contributed by atoms with van der Waals surface area (Å²) < 4.78 is 0.909. The molecule has 29 heavy (non-hydrogen) atoms. The van der Waals surface area contributed by atoms with Crippen molar-refractivity contribution in [1.29, 1.82) is 0 Å². The number of thiazole rings is 1. The molecule has 0 aliphatic carbocycles. The summed E-state index contributed by atoms with van der Waals surface area (Å²) in [5.74, 6) is 0.787. The number of thioether (sulfide) groups is 1. The molecule has 1 aromatic carbocycles.